The van der Waals surface area contributed by atoms with Crippen molar-refractivity contribution in [3.05, 3.63) is 65.7 Å². The second kappa shape index (κ2) is 7.06. The van der Waals surface area contributed by atoms with E-state index in [1.54, 1.807) is 12.1 Å². The topological polar surface area (TPSA) is 113 Å². The molecule has 28 heavy (non-hydrogen) atoms. The largest absolute Gasteiger partial charge is 0.508 e. The molecule has 2 aromatic carbocycles. The minimum absolute atomic E-state index is 0.0696. The van der Waals surface area contributed by atoms with E-state index in [0.717, 1.165) is 5.56 Å². The van der Waals surface area contributed by atoms with Crippen LogP contribution in [0, 0.1) is 5.92 Å². The zero-order chi connectivity index (χ0) is 19.8. The first kappa shape index (κ1) is 18.1. The van der Waals surface area contributed by atoms with Crippen LogP contribution >= 0.6 is 0 Å². The summed E-state index contributed by atoms with van der Waals surface area (Å²) < 4.78 is 0. The number of hydroxylamine groups is 2. The van der Waals surface area contributed by atoms with Crippen molar-refractivity contribution in [3.8, 4) is 5.75 Å². The maximum atomic E-state index is 13.1. The highest BCUT2D eigenvalue weighted by molar-refractivity contribution is 6.07. The average molecular weight is 381 g/mol. The van der Waals surface area contributed by atoms with E-state index < -0.39 is 29.9 Å². The number of fused-ring (bicyclic) bond motifs is 1. The van der Waals surface area contributed by atoms with Crippen LogP contribution in [-0.2, 0) is 25.8 Å². The number of phenolic OH excluding ortho intramolecular Hbond substituents is 1. The van der Waals surface area contributed by atoms with Gasteiger partial charge in [0, 0.05) is 0 Å². The third-order valence-electron chi connectivity index (χ3n) is 5.02. The van der Waals surface area contributed by atoms with Crippen LogP contribution in [0.4, 0.5) is 0 Å². The molecule has 0 aromatic heterocycles. The molecular formula is C20H19N3O5. The van der Waals surface area contributed by atoms with Crippen LogP contribution in [0.3, 0.4) is 0 Å². The van der Waals surface area contributed by atoms with Gasteiger partial charge in [0.15, 0.2) is 6.10 Å². The first-order chi connectivity index (χ1) is 13.5. The summed E-state index contributed by atoms with van der Waals surface area (Å²) in [5.41, 5.74) is 6.79. The zero-order valence-electron chi connectivity index (χ0n) is 14.9. The lowest BCUT2D eigenvalue weighted by molar-refractivity contribution is -0.182. The summed E-state index contributed by atoms with van der Waals surface area (Å²) in [6, 6.07) is 14.8. The highest BCUT2D eigenvalue weighted by Crippen LogP contribution is 2.44. The number of aromatic hydroxyl groups is 1. The van der Waals surface area contributed by atoms with Crippen molar-refractivity contribution in [3.63, 3.8) is 0 Å². The second-order valence-corrected chi connectivity index (χ2v) is 6.88. The van der Waals surface area contributed by atoms with E-state index in [1.807, 2.05) is 30.3 Å². The van der Waals surface area contributed by atoms with Crippen LogP contribution in [0.5, 0.6) is 5.75 Å². The number of likely N-dealkylation sites (tertiary alicyclic amines) is 1. The smallest absolute Gasteiger partial charge is 0.261 e. The summed E-state index contributed by atoms with van der Waals surface area (Å²) >= 11 is 0. The first-order valence-corrected chi connectivity index (χ1v) is 8.85. The Morgan fingerprint density at radius 1 is 1.04 bits per heavy atom. The van der Waals surface area contributed by atoms with Crippen molar-refractivity contribution in [1.82, 2.24) is 9.96 Å². The molecule has 3 atom stereocenters. The van der Waals surface area contributed by atoms with E-state index in [1.165, 1.54) is 22.1 Å². The van der Waals surface area contributed by atoms with Gasteiger partial charge in [0.05, 0.1) is 18.5 Å². The summed E-state index contributed by atoms with van der Waals surface area (Å²) in [5, 5.41) is 10.8. The Hall–Kier alpha value is -3.23. The third-order valence-corrected chi connectivity index (χ3v) is 5.02. The molecule has 2 aromatic rings. The predicted octanol–water partition coefficient (Wildman–Crippen LogP) is 0.720. The Morgan fingerprint density at radius 2 is 1.71 bits per heavy atom. The van der Waals surface area contributed by atoms with E-state index in [4.69, 9.17) is 10.6 Å². The lowest BCUT2D eigenvalue weighted by Crippen LogP contribution is -2.39. The lowest BCUT2D eigenvalue weighted by atomic mass is 9.91. The van der Waals surface area contributed by atoms with Gasteiger partial charge in [-0.2, -0.15) is 5.06 Å². The number of primary amides is 1. The molecule has 2 fully saturated rings. The van der Waals surface area contributed by atoms with Crippen molar-refractivity contribution < 1.29 is 24.3 Å². The van der Waals surface area contributed by atoms with Gasteiger partial charge in [-0.05, 0) is 23.3 Å². The van der Waals surface area contributed by atoms with E-state index >= 15 is 0 Å². The molecule has 4 rings (SSSR count). The Labute approximate surface area is 161 Å². The van der Waals surface area contributed by atoms with Crippen LogP contribution in [0.1, 0.15) is 17.2 Å². The minimum atomic E-state index is -1.01. The van der Waals surface area contributed by atoms with Crippen molar-refractivity contribution in [2.45, 2.75) is 18.7 Å². The molecule has 2 saturated heterocycles. The summed E-state index contributed by atoms with van der Waals surface area (Å²) in [6.07, 6.45) is -1.01. The molecule has 0 aliphatic carbocycles. The van der Waals surface area contributed by atoms with E-state index in [2.05, 4.69) is 0 Å². The van der Waals surface area contributed by atoms with Gasteiger partial charge in [-0.1, -0.05) is 42.5 Å². The Balaban J connectivity index is 1.66. The van der Waals surface area contributed by atoms with Gasteiger partial charge in [-0.3, -0.25) is 24.1 Å². The molecule has 2 heterocycles. The van der Waals surface area contributed by atoms with Gasteiger partial charge in [-0.15, -0.1) is 0 Å². The molecule has 0 spiro atoms. The molecule has 0 radical (unpaired) electrons. The average Bonchev–Trinajstić information content (AvgIpc) is 3.14. The van der Waals surface area contributed by atoms with Gasteiger partial charge in [-0.25, -0.2) is 0 Å². The minimum Gasteiger partial charge on any atom is -0.508 e. The molecule has 8 nitrogen and oxygen atoms in total. The van der Waals surface area contributed by atoms with Crippen LogP contribution in [-0.4, -0.2) is 45.4 Å². The summed E-state index contributed by atoms with van der Waals surface area (Å²) in [6.45, 7) is -0.0925. The zero-order valence-corrected chi connectivity index (χ0v) is 14.9. The predicted molar refractivity (Wildman–Crippen MR) is 97.1 cm³/mol. The van der Waals surface area contributed by atoms with Gasteiger partial charge in [0.2, 0.25) is 11.8 Å². The summed E-state index contributed by atoms with van der Waals surface area (Å²) in [5.74, 6) is -2.15. The van der Waals surface area contributed by atoms with Gasteiger partial charge in [0.25, 0.3) is 5.91 Å². The van der Waals surface area contributed by atoms with Crippen molar-refractivity contribution in [2.75, 3.05) is 6.54 Å². The Morgan fingerprint density at radius 3 is 2.36 bits per heavy atom. The number of imide groups is 1. The fourth-order valence-corrected chi connectivity index (χ4v) is 3.78. The Kier molecular flexibility index (Phi) is 4.58. The fourth-order valence-electron chi connectivity index (χ4n) is 3.78. The summed E-state index contributed by atoms with van der Waals surface area (Å²) in [4.78, 5) is 44.3. The molecule has 2 aliphatic heterocycles. The second-order valence-electron chi connectivity index (χ2n) is 6.88. The number of rotatable bonds is 5. The molecule has 0 bridgehead atoms. The van der Waals surface area contributed by atoms with Crippen LogP contribution < -0.4 is 5.73 Å². The van der Waals surface area contributed by atoms with Gasteiger partial charge in [0.1, 0.15) is 12.3 Å². The van der Waals surface area contributed by atoms with Crippen LogP contribution in [0.25, 0.3) is 0 Å². The van der Waals surface area contributed by atoms with Crippen molar-refractivity contribution in [1.29, 1.82) is 0 Å². The van der Waals surface area contributed by atoms with Gasteiger partial charge >= 0.3 is 0 Å². The maximum Gasteiger partial charge on any atom is 0.261 e. The van der Waals surface area contributed by atoms with Crippen LogP contribution in [0.2, 0.25) is 0 Å². The molecule has 144 valence electrons. The normalized spacial score (nSPS) is 24.6. The molecule has 8 heteroatoms. The number of carbonyl (C=O) groups excluding carboxylic acids is 3. The number of nitrogens with two attached hydrogens (primary N) is 1. The molecule has 3 amide bonds. The number of benzene rings is 2. The quantitative estimate of drug-likeness (QED) is 0.738. The van der Waals surface area contributed by atoms with E-state index in [9.17, 15) is 19.5 Å². The van der Waals surface area contributed by atoms with Crippen molar-refractivity contribution in [2.24, 2.45) is 11.7 Å². The van der Waals surface area contributed by atoms with E-state index in [-0.39, 0.29) is 24.7 Å². The molecular weight excluding hydrogens is 362 g/mol. The maximum absolute atomic E-state index is 13.1. The molecule has 2 aliphatic rings. The number of amides is 3. The number of carbonyl (C=O) groups is 3. The standard InChI is InChI=1S/C20H19N3O5/c21-15(25)11-23-17(13-6-8-14(24)9-7-13)16-18(28-23)20(27)22(19(16)26)10-12-4-2-1-3-5-12/h1-9,16-18,24H,10-11H2,(H2,21,25). The highest BCUT2D eigenvalue weighted by atomic mass is 16.7. The monoisotopic (exact) mass is 381 g/mol. The number of hydrogen-bond acceptors (Lipinski definition) is 6. The van der Waals surface area contributed by atoms with E-state index in [0.29, 0.717) is 5.56 Å². The highest BCUT2D eigenvalue weighted by Gasteiger charge is 2.59. The summed E-state index contributed by atoms with van der Waals surface area (Å²) in [7, 11) is 0. The number of hydrogen-bond donors (Lipinski definition) is 2. The van der Waals surface area contributed by atoms with Crippen molar-refractivity contribution >= 4 is 17.7 Å². The number of phenols is 1. The first-order valence-electron chi connectivity index (χ1n) is 8.85. The molecule has 3 N–H and O–H groups in total. The third kappa shape index (κ3) is 3.12. The molecule has 0 saturated carbocycles. The number of nitrogens with zero attached hydrogens (tertiary/aromatic N) is 2. The molecule has 3 unspecified atom stereocenters. The fraction of sp³-hybridized carbons (Fsp3) is 0.250. The lowest BCUT2D eigenvalue weighted by Gasteiger charge is -2.26. The van der Waals surface area contributed by atoms with Gasteiger partial charge < -0.3 is 10.8 Å². The van der Waals surface area contributed by atoms with Crippen LogP contribution in [0.15, 0.2) is 54.6 Å². The SMILES string of the molecule is NC(=O)CN1OC2C(=O)N(Cc3ccccc3)C(=O)C2C1c1ccc(O)cc1. The Bertz CT molecular complexity index is 915.